The third-order valence-corrected chi connectivity index (χ3v) is 5.98. The number of hydrogen-bond donors (Lipinski definition) is 1. The number of pyridine rings is 1. The fraction of sp³-hybridized carbons (Fsp3) is 0.346. The second kappa shape index (κ2) is 9.69. The molecule has 178 valence electrons. The summed E-state index contributed by atoms with van der Waals surface area (Å²) in [5.74, 6) is -0.811. The standard InChI is InChI=1S/C26H30N4O4/c1-5-34-19-12-10-18(11-13-19)23-21(25(32)26(33)30(23)16-8-14-28(3)4)24(31)22-17(2)27-20-9-6-7-15-29(20)22/h6-7,9-13,15,23,31H,5,8,14,16H2,1-4H3/b24-21+/t23-/m0/s1. The number of ether oxygens (including phenoxy) is 1. The molecular weight excluding hydrogens is 432 g/mol. The van der Waals surface area contributed by atoms with Crippen molar-refractivity contribution in [2.45, 2.75) is 26.3 Å². The van der Waals surface area contributed by atoms with Gasteiger partial charge in [-0.15, -0.1) is 0 Å². The molecule has 3 aromatic rings. The first-order valence-corrected chi connectivity index (χ1v) is 11.4. The second-order valence-electron chi connectivity index (χ2n) is 8.63. The number of carbonyl (C=O) groups excluding carboxylic acids is 2. The molecule has 1 saturated heterocycles. The van der Waals surface area contributed by atoms with Crippen LogP contribution in [0.5, 0.6) is 5.75 Å². The van der Waals surface area contributed by atoms with E-state index in [1.165, 1.54) is 0 Å². The number of aryl methyl sites for hydroxylation is 1. The van der Waals surface area contributed by atoms with Gasteiger partial charge in [-0.3, -0.25) is 14.0 Å². The SMILES string of the molecule is CCOc1ccc([C@H]2/C(=C(\O)c3c(C)nc4ccccn34)C(=O)C(=O)N2CCCN(C)C)cc1. The van der Waals surface area contributed by atoms with E-state index in [1.807, 2.05) is 68.4 Å². The Bertz CT molecular complexity index is 1240. The fourth-order valence-electron chi connectivity index (χ4n) is 4.45. The van der Waals surface area contributed by atoms with Crippen LogP contribution in [0.2, 0.25) is 0 Å². The number of aliphatic hydroxyl groups excluding tert-OH is 1. The summed E-state index contributed by atoms with van der Waals surface area (Å²) in [6.45, 7) is 5.39. The summed E-state index contributed by atoms with van der Waals surface area (Å²) in [4.78, 5) is 34.5. The average Bonchev–Trinajstić information content (AvgIpc) is 3.27. The van der Waals surface area contributed by atoms with Crippen LogP contribution in [0.15, 0.2) is 54.2 Å². The molecule has 0 aliphatic carbocycles. The zero-order valence-electron chi connectivity index (χ0n) is 20.0. The lowest BCUT2D eigenvalue weighted by Crippen LogP contribution is -2.32. The molecule has 8 heteroatoms. The molecule has 1 N–H and O–H groups in total. The summed E-state index contributed by atoms with van der Waals surface area (Å²) in [7, 11) is 3.93. The lowest BCUT2D eigenvalue weighted by Gasteiger charge is -2.26. The van der Waals surface area contributed by atoms with Gasteiger partial charge in [0.15, 0.2) is 5.76 Å². The number of carbonyl (C=O) groups is 2. The molecule has 4 rings (SSSR count). The Balaban J connectivity index is 1.85. The third-order valence-electron chi connectivity index (χ3n) is 5.98. The molecule has 1 fully saturated rings. The first kappa shape index (κ1) is 23.5. The van der Waals surface area contributed by atoms with Crippen molar-refractivity contribution in [2.24, 2.45) is 0 Å². The number of ketones is 1. The Morgan fingerprint density at radius 3 is 2.56 bits per heavy atom. The van der Waals surface area contributed by atoms with Gasteiger partial charge in [0.1, 0.15) is 17.1 Å². The minimum atomic E-state index is -0.702. The molecule has 1 atom stereocenters. The van der Waals surface area contributed by atoms with Crippen molar-refractivity contribution in [3.8, 4) is 5.75 Å². The van der Waals surface area contributed by atoms with Crippen LogP contribution in [-0.2, 0) is 9.59 Å². The highest BCUT2D eigenvalue weighted by atomic mass is 16.5. The Labute approximate surface area is 199 Å². The van der Waals surface area contributed by atoms with Gasteiger partial charge in [-0.05, 0) is 70.7 Å². The molecule has 0 radical (unpaired) electrons. The van der Waals surface area contributed by atoms with Gasteiger partial charge < -0.3 is 19.6 Å². The van der Waals surface area contributed by atoms with Crippen LogP contribution in [0.1, 0.15) is 36.3 Å². The maximum absolute atomic E-state index is 13.3. The number of rotatable bonds is 8. The van der Waals surface area contributed by atoms with Crippen molar-refractivity contribution in [3.63, 3.8) is 0 Å². The summed E-state index contributed by atoms with van der Waals surface area (Å²) in [6.07, 6.45) is 2.48. The molecule has 0 spiro atoms. The van der Waals surface area contributed by atoms with Crippen molar-refractivity contribution in [3.05, 3.63) is 71.2 Å². The van der Waals surface area contributed by atoms with Crippen LogP contribution in [0.3, 0.4) is 0 Å². The van der Waals surface area contributed by atoms with Crippen LogP contribution in [0, 0.1) is 6.92 Å². The van der Waals surface area contributed by atoms with Gasteiger partial charge in [0, 0.05) is 12.7 Å². The molecule has 0 saturated carbocycles. The predicted octanol–water partition coefficient (Wildman–Crippen LogP) is 3.41. The molecule has 0 bridgehead atoms. The molecule has 8 nitrogen and oxygen atoms in total. The molecule has 1 aliphatic rings. The summed E-state index contributed by atoms with van der Waals surface area (Å²) in [5, 5.41) is 11.5. The lowest BCUT2D eigenvalue weighted by atomic mass is 9.96. The fourth-order valence-corrected chi connectivity index (χ4v) is 4.45. The van der Waals surface area contributed by atoms with E-state index in [0.29, 0.717) is 42.4 Å². The number of aromatic nitrogens is 2. The zero-order valence-corrected chi connectivity index (χ0v) is 20.0. The van der Waals surface area contributed by atoms with E-state index in [9.17, 15) is 14.7 Å². The van der Waals surface area contributed by atoms with E-state index in [-0.39, 0.29) is 11.3 Å². The zero-order chi connectivity index (χ0) is 24.4. The minimum Gasteiger partial charge on any atom is -0.505 e. The van der Waals surface area contributed by atoms with E-state index in [4.69, 9.17) is 4.74 Å². The van der Waals surface area contributed by atoms with E-state index >= 15 is 0 Å². The molecule has 34 heavy (non-hydrogen) atoms. The Morgan fingerprint density at radius 2 is 1.88 bits per heavy atom. The van der Waals surface area contributed by atoms with Gasteiger partial charge in [-0.25, -0.2) is 4.98 Å². The van der Waals surface area contributed by atoms with Crippen LogP contribution in [0.4, 0.5) is 0 Å². The predicted molar refractivity (Wildman–Crippen MR) is 130 cm³/mol. The summed E-state index contributed by atoms with van der Waals surface area (Å²) in [6, 6.07) is 12.1. The summed E-state index contributed by atoms with van der Waals surface area (Å²) in [5.41, 5.74) is 2.46. The normalized spacial score (nSPS) is 17.8. The van der Waals surface area contributed by atoms with Crippen molar-refractivity contribution >= 4 is 23.1 Å². The molecule has 1 aromatic carbocycles. The smallest absolute Gasteiger partial charge is 0.295 e. The van der Waals surface area contributed by atoms with E-state index in [1.54, 1.807) is 22.4 Å². The monoisotopic (exact) mass is 462 g/mol. The topological polar surface area (TPSA) is 87.4 Å². The molecule has 0 unspecified atom stereocenters. The van der Waals surface area contributed by atoms with Crippen LogP contribution >= 0.6 is 0 Å². The number of fused-ring (bicyclic) bond motifs is 1. The van der Waals surface area contributed by atoms with Gasteiger partial charge in [-0.1, -0.05) is 18.2 Å². The van der Waals surface area contributed by atoms with Gasteiger partial charge in [0.25, 0.3) is 11.7 Å². The van der Waals surface area contributed by atoms with E-state index in [2.05, 4.69) is 4.98 Å². The highest BCUT2D eigenvalue weighted by Gasteiger charge is 2.46. The lowest BCUT2D eigenvalue weighted by molar-refractivity contribution is -0.139. The number of likely N-dealkylation sites (tertiary alicyclic amines) is 1. The first-order chi connectivity index (χ1) is 16.3. The number of Topliss-reactive ketones (excluding diaryl/α,β-unsaturated/α-hetero) is 1. The number of nitrogens with zero attached hydrogens (tertiary/aromatic N) is 4. The van der Waals surface area contributed by atoms with E-state index in [0.717, 1.165) is 12.1 Å². The van der Waals surface area contributed by atoms with Crippen LogP contribution in [0.25, 0.3) is 11.4 Å². The quantitative estimate of drug-likeness (QED) is 0.314. The average molecular weight is 463 g/mol. The van der Waals surface area contributed by atoms with Crippen molar-refractivity contribution in [1.29, 1.82) is 0 Å². The first-order valence-electron chi connectivity index (χ1n) is 11.4. The number of benzene rings is 1. The van der Waals surface area contributed by atoms with Gasteiger partial charge in [-0.2, -0.15) is 0 Å². The van der Waals surface area contributed by atoms with Crippen LogP contribution < -0.4 is 4.74 Å². The molecule has 1 amide bonds. The Kier molecular flexibility index (Phi) is 6.70. The highest BCUT2D eigenvalue weighted by molar-refractivity contribution is 6.46. The van der Waals surface area contributed by atoms with Gasteiger partial charge >= 0.3 is 0 Å². The van der Waals surface area contributed by atoms with Crippen LogP contribution in [-0.4, -0.2) is 69.8 Å². The highest BCUT2D eigenvalue weighted by Crippen LogP contribution is 2.40. The molecule has 1 aliphatic heterocycles. The number of amides is 1. The number of aliphatic hydroxyl groups is 1. The maximum Gasteiger partial charge on any atom is 0.295 e. The maximum atomic E-state index is 13.3. The minimum absolute atomic E-state index is 0.0766. The number of imidazole rings is 1. The number of hydrogen-bond acceptors (Lipinski definition) is 6. The van der Waals surface area contributed by atoms with Crippen molar-refractivity contribution < 1.29 is 19.4 Å². The van der Waals surface area contributed by atoms with E-state index < -0.39 is 17.7 Å². The largest absolute Gasteiger partial charge is 0.505 e. The third kappa shape index (κ3) is 4.28. The summed E-state index contributed by atoms with van der Waals surface area (Å²) >= 11 is 0. The Morgan fingerprint density at radius 1 is 1.15 bits per heavy atom. The van der Waals surface area contributed by atoms with Gasteiger partial charge in [0.05, 0.1) is 23.9 Å². The molecular formula is C26H30N4O4. The summed E-state index contributed by atoms with van der Waals surface area (Å²) < 4.78 is 7.29. The molecule has 3 heterocycles. The second-order valence-corrected chi connectivity index (χ2v) is 8.63. The van der Waals surface area contributed by atoms with Crippen molar-refractivity contribution in [1.82, 2.24) is 19.2 Å². The Hall–Kier alpha value is -3.65. The van der Waals surface area contributed by atoms with Crippen molar-refractivity contribution in [2.75, 3.05) is 33.8 Å². The van der Waals surface area contributed by atoms with Gasteiger partial charge in [0.2, 0.25) is 0 Å². The molecule has 2 aromatic heterocycles.